The van der Waals surface area contributed by atoms with Crippen LogP contribution in [-0.2, 0) is 26.2 Å². The number of amides is 2. The van der Waals surface area contributed by atoms with E-state index in [4.69, 9.17) is 16.3 Å². The molecule has 3 aromatic rings. The average molecular weight is 665 g/mol. The van der Waals surface area contributed by atoms with E-state index in [1.54, 1.807) is 61.5 Å². The maximum atomic E-state index is 14.0. The summed E-state index contributed by atoms with van der Waals surface area (Å²) in [6.07, 6.45) is 1.72. The Morgan fingerprint density at radius 2 is 1.71 bits per heavy atom. The van der Waals surface area contributed by atoms with Gasteiger partial charge in [-0.2, -0.15) is 0 Å². The van der Waals surface area contributed by atoms with Gasteiger partial charge in [-0.3, -0.25) is 13.9 Å². The molecule has 0 radical (unpaired) electrons. The molecule has 0 unspecified atom stereocenters. The molecule has 0 aliphatic heterocycles. The highest BCUT2D eigenvalue weighted by Crippen LogP contribution is 2.31. The van der Waals surface area contributed by atoms with Crippen LogP contribution in [0.3, 0.4) is 0 Å². The minimum absolute atomic E-state index is 0.0202. The Bertz CT molecular complexity index is 1450. The van der Waals surface area contributed by atoms with Gasteiger partial charge in [-0.15, -0.1) is 0 Å². The number of sulfonamides is 1. The SMILES string of the molecule is CCCCNC(=O)[C@@H](C)N(Cc1ccc(Cl)cc1)C(=O)CN(c1ccc(C)cc1)S(=O)(=O)c1ccc(OC)c(Br)c1. The Morgan fingerprint density at radius 1 is 1.05 bits per heavy atom. The molecule has 0 heterocycles. The maximum absolute atomic E-state index is 14.0. The monoisotopic (exact) mass is 663 g/mol. The first-order valence-corrected chi connectivity index (χ1v) is 15.8. The molecule has 0 bridgehead atoms. The van der Waals surface area contributed by atoms with Crippen LogP contribution in [0.25, 0.3) is 0 Å². The Labute approximate surface area is 255 Å². The number of ether oxygens (including phenoxy) is 1. The molecule has 0 fully saturated rings. The van der Waals surface area contributed by atoms with Gasteiger partial charge in [0.25, 0.3) is 10.0 Å². The molecule has 1 N–H and O–H groups in total. The molecule has 1 atom stereocenters. The van der Waals surface area contributed by atoms with E-state index in [-0.39, 0.29) is 17.3 Å². The summed E-state index contributed by atoms with van der Waals surface area (Å²) in [5, 5.41) is 3.42. The van der Waals surface area contributed by atoms with Gasteiger partial charge >= 0.3 is 0 Å². The fraction of sp³-hybridized carbons (Fsp3) is 0.333. The van der Waals surface area contributed by atoms with Crippen LogP contribution in [-0.4, -0.2) is 51.4 Å². The summed E-state index contributed by atoms with van der Waals surface area (Å²) < 4.78 is 34.8. The van der Waals surface area contributed by atoms with Crippen LogP contribution in [0.1, 0.15) is 37.8 Å². The minimum Gasteiger partial charge on any atom is -0.496 e. The molecule has 0 aromatic heterocycles. The molecule has 0 spiro atoms. The predicted octanol–water partition coefficient (Wildman–Crippen LogP) is 5.95. The third kappa shape index (κ3) is 8.47. The second-order valence-electron chi connectivity index (χ2n) is 9.61. The molecular weight excluding hydrogens is 630 g/mol. The lowest BCUT2D eigenvalue weighted by Gasteiger charge is -2.32. The van der Waals surface area contributed by atoms with Gasteiger partial charge in [-0.1, -0.05) is 54.8 Å². The van der Waals surface area contributed by atoms with Crippen molar-refractivity contribution in [1.82, 2.24) is 10.2 Å². The summed E-state index contributed by atoms with van der Waals surface area (Å²) in [6.45, 7) is 5.61. The van der Waals surface area contributed by atoms with E-state index >= 15 is 0 Å². The molecule has 41 heavy (non-hydrogen) atoms. The smallest absolute Gasteiger partial charge is 0.264 e. The zero-order valence-corrected chi connectivity index (χ0v) is 26.7. The molecule has 3 rings (SSSR count). The van der Waals surface area contributed by atoms with E-state index in [0.29, 0.717) is 27.5 Å². The number of nitrogens with one attached hydrogen (secondary N) is 1. The first-order valence-electron chi connectivity index (χ1n) is 13.2. The summed E-state index contributed by atoms with van der Waals surface area (Å²) in [4.78, 5) is 28.4. The molecule has 0 saturated carbocycles. The van der Waals surface area contributed by atoms with Crippen molar-refractivity contribution in [3.8, 4) is 5.75 Å². The van der Waals surface area contributed by atoms with Gasteiger partial charge in [-0.25, -0.2) is 8.42 Å². The van der Waals surface area contributed by atoms with Crippen LogP contribution in [0.2, 0.25) is 5.02 Å². The van der Waals surface area contributed by atoms with Crippen molar-refractivity contribution >= 4 is 55.1 Å². The molecule has 3 aromatic carbocycles. The van der Waals surface area contributed by atoms with Crippen LogP contribution in [0, 0.1) is 6.92 Å². The van der Waals surface area contributed by atoms with Crippen LogP contribution < -0.4 is 14.4 Å². The first-order chi connectivity index (χ1) is 19.5. The number of hydrogen-bond acceptors (Lipinski definition) is 5. The molecule has 8 nitrogen and oxygen atoms in total. The number of anilines is 1. The number of aryl methyl sites for hydroxylation is 1. The summed E-state index contributed by atoms with van der Waals surface area (Å²) >= 11 is 9.41. The molecule has 0 aliphatic rings. The molecule has 0 aliphatic carbocycles. The van der Waals surface area contributed by atoms with Gasteiger partial charge in [0, 0.05) is 18.1 Å². The highest BCUT2D eigenvalue weighted by atomic mass is 79.9. The van der Waals surface area contributed by atoms with Gasteiger partial charge in [-0.05, 0) is 84.2 Å². The Hall–Kier alpha value is -3.08. The van der Waals surface area contributed by atoms with Gasteiger partial charge in [0.1, 0.15) is 18.3 Å². The largest absolute Gasteiger partial charge is 0.496 e. The highest BCUT2D eigenvalue weighted by molar-refractivity contribution is 9.10. The number of carbonyl (C=O) groups is 2. The van der Waals surface area contributed by atoms with Crippen LogP contribution >= 0.6 is 27.5 Å². The summed E-state index contributed by atoms with van der Waals surface area (Å²) in [5.74, 6) is -0.377. The summed E-state index contributed by atoms with van der Waals surface area (Å²) in [5.41, 5.74) is 2.01. The number of halogens is 2. The topological polar surface area (TPSA) is 96.0 Å². The predicted molar refractivity (Wildman–Crippen MR) is 166 cm³/mol. The van der Waals surface area contributed by atoms with Crippen molar-refractivity contribution in [1.29, 1.82) is 0 Å². The van der Waals surface area contributed by atoms with Crippen molar-refractivity contribution in [2.75, 3.05) is 24.5 Å². The molecule has 0 saturated heterocycles. The standard InChI is InChI=1S/C30H35BrClN3O5S/c1-5-6-17-33-30(37)22(3)34(19-23-9-11-24(32)12-10-23)29(36)20-35(25-13-7-21(2)8-14-25)41(38,39)26-15-16-28(40-4)27(31)18-26/h7-16,18,22H,5-6,17,19-20H2,1-4H3,(H,33,37)/t22-/m1/s1. The Morgan fingerprint density at radius 3 is 2.29 bits per heavy atom. The normalized spacial score (nSPS) is 12.0. The quantitative estimate of drug-likeness (QED) is 0.228. The molecule has 2 amide bonds. The fourth-order valence-corrected chi connectivity index (χ4v) is 6.34. The molecular formula is C30H35BrClN3O5S. The maximum Gasteiger partial charge on any atom is 0.264 e. The van der Waals surface area contributed by atoms with E-state index in [2.05, 4.69) is 21.2 Å². The van der Waals surface area contributed by atoms with E-state index in [1.807, 2.05) is 13.8 Å². The van der Waals surface area contributed by atoms with E-state index < -0.39 is 28.5 Å². The average Bonchev–Trinajstić information content (AvgIpc) is 2.95. The van der Waals surface area contributed by atoms with Gasteiger partial charge < -0.3 is 15.0 Å². The lowest BCUT2D eigenvalue weighted by atomic mass is 10.1. The molecule has 11 heteroatoms. The number of unbranched alkanes of at least 4 members (excludes halogenated alkanes) is 1. The zero-order chi connectivity index (χ0) is 30.2. The van der Waals surface area contributed by atoms with Crippen LogP contribution in [0.5, 0.6) is 5.75 Å². The van der Waals surface area contributed by atoms with Crippen molar-refractivity contribution in [3.63, 3.8) is 0 Å². The number of benzene rings is 3. The van der Waals surface area contributed by atoms with Crippen LogP contribution in [0.15, 0.2) is 76.1 Å². The summed E-state index contributed by atoms with van der Waals surface area (Å²) in [7, 11) is -2.72. The molecule has 220 valence electrons. The lowest BCUT2D eigenvalue weighted by molar-refractivity contribution is -0.139. The van der Waals surface area contributed by atoms with Crippen molar-refractivity contribution in [3.05, 3.63) is 87.4 Å². The van der Waals surface area contributed by atoms with Gasteiger partial charge in [0.05, 0.1) is 22.2 Å². The highest BCUT2D eigenvalue weighted by Gasteiger charge is 2.32. The zero-order valence-electron chi connectivity index (χ0n) is 23.6. The summed E-state index contributed by atoms with van der Waals surface area (Å²) in [6, 6.07) is 17.4. The fourth-order valence-electron chi connectivity index (χ4n) is 4.08. The number of rotatable bonds is 13. The van der Waals surface area contributed by atoms with E-state index in [9.17, 15) is 18.0 Å². The van der Waals surface area contributed by atoms with Crippen LogP contribution in [0.4, 0.5) is 5.69 Å². The van der Waals surface area contributed by atoms with Crippen molar-refractivity contribution in [2.24, 2.45) is 0 Å². The second-order valence-corrected chi connectivity index (χ2v) is 12.8. The van der Waals surface area contributed by atoms with Crippen molar-refractivity contribution < 1.29 is 22.7 Å². The Balaban J connectivity index is 2.01. The van der Waals surface area contributed by atoms with Crippen molar-refractivity contribution in [2.45, 2.75) is 51.1 Å². The van der Waals surface area contributed by atoms with E-state index in [0.717, 1.165) is 28.3 Å². The third-order valence-electron chi connectivity index (χ3n) is 6.58. The minimum atomic E-state index is -4.20. The lowest BCUT2D eigenvalue weighted by Crippen LogP contribution is -2.51. The number of methoxy groups -OCH3 is 1. The number of nitrogens with zero attached hydrogens (tertiary/aromatic N) is 2. The number of carbonyl (C=O) groups excluding carboxylic acids is 2. The third-order valence-corrected chi connectivity index (χ3v) is 9.22. The van der Waals surface area contributed by atoms with Gasteiger partial charge in [0.15, 0.2) is 0 Å². The number of hydrogen-bond donors (Lipinski definition) is 1. The van der Waals surface area contributed by atoms with Gasteiger partial charge in [0.2, 0.25) is 11.8 Å². The first kappa shape index (κ1) is 32.4. The second kappa shape index (κ2) is 14.7. The van der Waals surface area contributed by atoms with E-state index in [1.165, 1.54) is 24.1 Å². The Kier molecular flexibility index (Phi) is 11.6.